The molecule has 3 aromatic rings. The molecule has 2 N–H and O–H groups in total. The molecule has 0 aliphatic carbocycles. The van der Waals surface area contributed by atoms with Crippen LogP contribution in [-0.2, 0) is 4.79 Å². The Morgan fingerprint density at radius 3 is 2.49 bits per heavy atom. The minimum Gasteiger partial charge on any atom is -0.497 e. The van der Waals surface area contributed by atoms with Crippen LogP contribution in [0.25, 0.3) is 11.4 Å². The third kappa shape index (κ3) is 7.21. The van der Waals surface area contributed by atoms with Gasteiger partial charge in [0.1, 0.15) is 17.8 Å². The van der Waals surface area contributed by atoms with Gasteiger partial charge in [0, 0.05) is 57.9 Å². The molecule has 2 heterocycles. The Kier molecular flexibility index (Phi) is 9.29. The molecule has 11 heteroatoms. The number of aromatic nitrogens is 3. The van der Waals surface area contributed by atoms with Gasteiger partial charge in [-0.05, 0) is 43.5 Å². The molecule has 0 unspecified atom stereocenters. The van der Waals surface area contributed by atoms with Crippen molar-refractivity contribution in [1.29, 1.82) is 0 Å². The second-order valence-corrected chi connectivity index (χ2v) is 9.32. The fraction of sp³-hybridized carbons (Fsp3) is 0.357. The molecule has 0 spiro atoms. The Morgan fingerprint density at radius 2 is 1.82 bits per heavy atom. The van der Waals surface area contributed by atoms with Crippen LogP contribution in [0.5, 0.6) is 11.5 Å². The van der Waals surface area contributed by atoms with E-state index in [2.05, 4.69) is 53.9 Å². The maximum atomic E-state index is 12.3. The zero-order valence-electron chi connectivity index (χ0n) is 23.0. The summed E-state index contributed by atoms with van der Waals surface area (Å²) < 4.78 is 11.0. The topological polar surface area (TPSA) is 108 Å². The van der Waals surface area contributed by atoms with Crippen molar-refractivity contribution in [3.63, 3.8) is 0 Å². The van der Waals surface area contributed by atoms with Crippen LogP contribution in [0.15, 0.2) is 55.4 Å². The second kappa shape index (κ2) is 13.0. The van der Waals surface area contributed by atoms with E-state index >= 15 is 0 Å². The molecule has 1 amide bonds. The summed E-state index contributed by atoms with van der Waals surface area (Å²) in [7, 11) is 7.38. The summed E-state index contributed by atoms with van der Waals surface area (Å²) in [5.74, 6) is 1.88. The van der Waals surface area contributed by atoms with Crippen LogP contribution in [0.3, 0.4) is 0 Å². The van der Waals surface area contributed by atoms with Crippen LogP contribution < -0.4 is 25.0 Å². The molecule has 0 bridgehead atoms. The van der Waals surface area contributed by atoms with Gasteiger partial charge in [-0.3, -0.25) is 9.69 Å². The molecule has 0 saturated carbocycles. The van der Waals surface area contributed by atoms with Crippen LogP contribution in [0.4, 0.5) is 23.0 Å². The smallest absolute Gasteiger partial charge is 0.247 e. The molecular weight excluding hydrogens is 496 g/mol. The van der Waals surface area contributed by atoms with E-state index in [-0.39, 0.29) is 5.91 Å². The molecule has 0 radical (unpaired) electrons. The highest BCUT2D eigenvalue weighted by Crippen LogP contribution is 2.38. The summed E-state index contributed by atoms with van der Waals surface area (Å²) in [5.41, 5.74) is 2.87. The largest absolute Gasteiger partial charge is 0.497 e. The van der Waals surface area contributed by atoms with Crippen molar-refractivity contribution < 1.29 is 14.3 Å². The van der Waals surface area contributed by atoms with Crippen LogP contribution in [-0.4, -0.2) is 98.2 Å². The van der Waals surface area contributed by atoms with E-state index in [1.165, 1.54) is 12.4 Å². The number of carbonyl (C=O) groups is 1. The number of likely N-dealkylation sites (N-methyl/N-ethyl adjacent to an activating group) is 2. The van der Waals surface area contributed by atoms with Gasteiger partial charge in [-0.25, -0.2) is 9.97 Å². The van der Waals surface area contributed by atoms with Gasteiger partial charge in [-0.2, -0.15) is 4.98 Å². The molecule has 1 aromatic heterocycles. The maximum Gasteiger partial charge on any atom is 0.247 e. The van der Waals surface area contributed by atoms with Crippen molar-refractivity contribution in [3.05, 3.63) is 55.4 Å². The van der Waals surface area contributed by atoms with Gasteiger partial charge in [0.05, 0.1) is 31.3 Å². The van der Waals surface area contributed by atoms with E-state index in [4.69, 9.17) is 9.47 Å². The Labute approximate surface area is 229 Å². The molecule has 11 nitrogen and oxygen atoms in total. The first-order valence-corrected chi connectivity index (χ1v) is 12.8. The average Bonchev–Trinajstić information content (AvgIpc) is 2.97. The molecule has 1 saturated heterocycles. The lowest BCUT2D eigenvalue weighted by Crippen LogP contribution is -2.46. The molecule has 4 rings (SSSR count). The van der Waals surface area contributed by atoms with Crippen molar-refractivity contribution in [2.24, 2.45) is 0 Å². The van der Waals surface area contributed by atoms with Gasteiger partial charge in [0.25, 0.3) is 0 Å². The van der Waals surface area contributed by atoms with Gasteiger partial charge in [0.15, 0.2) is 5.82 Å². The normalized spacial score (nSPS) is 13.9. The number of hydrogen-bond donors (Lipinski definition) is 2. The van der Waals surface area contributed by atoms with E-state index in [9.17, 15) is 4.79 Å². The van der Waals surface area contributed by atoms with Gasteiger partial charge >= 0.3 is 0 Å². The average molecular weight is 533 g/mol. The Hall–Kier alpha value is -4.22. The minimum atomic E-state index is -0.304. The number of methoxy groups -OCH3 is 2. The Balaban J connectivity index is 1.58. The number of benzene rings is 2. The standard InChI is InChI=1S/C28H36N8O3/c1-6-26(37)31-22-17-23(32-28-30-19-29-27(33-28)20-7-9-21(38-4)10-8-20)25(39-5)18-24(22)35(3)13-16-36-14-11-34(2)12-15-36/h6-10,17-19H,1,11-16H2,2-5H3,(H,31,37)(H,29,30,32,33). The van der Waals surface area contributed by atoms with Crippen LogP contribution in [0.2, 0.25) is 0 Å². The van der Waals surface area contributed by atoms with E-state index in [0.717, 1.165) is 56.3 Å². The second-order valence-electron chi connectivity index (χ2n) is 9.32. The predicted molar refractivity (Wildman–Crippen MR) is 154 cm³/mol. The first-order valence-electron chi connectivity index (χ1n) is 12.8. The fourth-order valence-electron chi connectivity index (χ4n) is 4.27. The third-order valence-corrected chi connectivity index (χ3v) is 6.69. The number of rotatable bonds is 11. The quantitative estimate of drug-likeness (QED) is 0.358. The number of carbonyl (C=O) groups excluding carboxylic acids is 1. The number of nitrogens with zero attached hydrogens (tertiary/aromatic N) is 6. The molecular formula is C28H36N8O3. The van der Waals surface area contributed by atoms with E-state index in [1.54, 1.807) is 14.2 Å². The lowest BCUT2D eigenvalue weighted by molar-refractivity contribution is -0.111. The van der Waals surface area contributed by atoms with Gasteiger partial charge < -0.3 is 29.9 Å². The first kappa shape index (κ1) is 27.8. The first-order chi connectivity index (χ1) is 18.9. The number of hydrogen-bond acceptors (Lipinski definition) is 10. The number of anilines is 4. The SMILES string of the molecule is C=CC(=O)Nc1cc(Nc2ncnc(-c3ccc(OC)cc3)n2)c(OC)cc1N(C)CCN1CCN(C)CC1. The third-order valence-electron chi connectivity index (χ3n) is 6.69. The summed E-state index contributed by atoms with van der Waals surface area (Å²) in [6.45, 7) is 9.52. The van der Waals surface area contributed by atoms with Crippen molar-refractivity contribution in [1.82, 2.24) is 24.8 Å². The highest BCUT2D eigenvalue weighted by Gasteiger charge is 2.19. The molecule has 1 aliphatic rings. The monoisotopic (exact) mass is 532 g/mol. The highest BCUT2D eigenvalue weighted by molar-refractivity contribution is 6.02. The van der Waals surface area contributed by atoms with Crippen LogP contribution in [0, 0.1) is 0 Å². The number of piperazine rings is 1. The Morgan fingerprint density at radius 1 is 1.08 bits per heavy atom. The maximum absolute atomic E-state index is 12.3. The minimum absolute atomic E-state index is 0.304. The lowest BCUT2D eigenvalue weighted by Gasteiger charge is -2.34. The molecule has 206 valence electrons. The van der Waals surface area contributed by atoms with Crippen LogP contribution >= 0.6 is 0 Å². The summed E-state index contributed by atoms with van der Waals surface area (Å²) in [5, 5.41) is 6.15. The summed E-state index contributed by atoms with van der Waals surface area (Å²) in [6, 6.07) is 11.2. The van der Waals surface area contributed by atoms with Crippen molar-refractivity contribution in [3.8, 4) is 22.9 Å². The lowest BCUT2D eigenvalue weighted by atomic mass is 10.2. The number of ether oxygens (including phenoxy) is 2. The molecule has 1 fully saturated rings. The molecule has 0 atom stereocenters. The zero-order chi connectivity index (χ0) is 27.8. The van der Waals surface area contributed by atoms with Gasteiger partial charge in [0.2, 0.25) is 11.9 Å². The van der Waals surface area contributed by atoms with Gasteiger partial charge in [-0.1, -0.05) is 6.58 Å². The number of nitrogens with one attached hydrogen (secondary N) is 2. The predicted octanol–water partition coefficient (Wildman–Crippen LogP) is 3.11. The van der Waals surface area contributed by atoms with E-state index < -0.39 is 0 Å². The summed E-state index contributed by atoms with van der Waals surface area (Å²) in [6.07, 6.45) is 2.70. The van der Waals surface area contributed by atoms with E-state index in [1.807, 2.05) is 43.4 Å². The number of amides is 1. The van der Waals surface area contributed by atoms with Crippen LogP contribution in [0.1, 0.15) is 0 Å². The molecule has 39 heavy (non-hydrogen) atoms. The van der Waals surface area contributed by atoms with E-state index in [0.29, 0.717) is 28.9 Å². The Bertz CT molecular complexity index is 1280. The van der Waals surface area contributed by atoms with Crippen molar-refractivity contribution in [2.75, 3.05) is 83.1 Å². The molecule has 1 aliphatic heterocycles. The van der Waals surface area contributed by atoms with Gasteiger partial charge in [-0.15, -0.1) is 0 Å². The van der Waals surface area contributed by atoms with Crippen molar-refractivity contribution in [2.45, 2.75) is 0 Å². The molecule has 2 aromatic carbocycles. The van der Waals surface area contributed by atoms with Crippen molar-refractivity contribution >= 4 is 28.9 Å². The summed E-state index contributed by atoms with van der Waals surface area (Å²) in [4.78, 5) is 32.4. The summed E-state index contributed by atoms with van der Waals surface area (Å²) >= 11 is 0. The zero-order valence-corrected chi connectivity index (χ0v) is 23.0. The highest BCUT2D eigenvalue weighted by atomic mass is 16.5. The fourth-order valence-corrected chi connectivity index (χ4v) is 4.27.